The molecule has 2 rings (SSSR count). The summed E-state index contributed by atoms with van der Waals surface area (Å²) in [5, 5.41) is 10.4. The summed E-state index contributed by atoms with van der Waals surface area (Å²) in [7, 11) is 1.64. The van der Waals surface area contributed by atoms with Gasteiger partial charge in [0.05, 0.1) is 17.7 Å². The number of hydrogen-bond donors (Lipinski definition) is 1. The van der Waals surface area contributed by atoms with E-state index in [4.69, 9.17) is 4.74 Å². The molecular formula is C15H19F2NO3. The lowest BCUT2D eigenvalue weighted by molar-refractivity contribution is -0.0758. The zero-order valence-corrected chi connectivity index (χ0v) is 11.9. The summed E-state index contributed by atoms with van der Waals surface area (Å²) in [6, 6.07) is 3.33. The van der Waals surface area contributed by atoms with Crippen LogP contribution in [0.25, 0.3) is 0 Å². The highest BCUT2D eigenvalue weighted by Gasteiger charge is 2.31. The molecule has 1 saturated heterocycles. The van der Waals surface area contributed by atoms with Gasteiger partial charge in [0.25, 0.3) is 0 Å². The minimum absolute atomic E-state index is 0.152. The van der Waals surface area contributed by atoms with E-state index in [2.05, 4.69) is 0 Å². The lowest BCUT2D eigenvalue weighted by atomic mass is 9.94. The van der Waals surface area contributed by atoms with Crippen LogP contribution in [0.3, 0.4) is 0 Å². The summed E-state index contributed by atoms with van der Waals surface area (Å²) in [4.78, 5) is 13.6. The Kier molecular flexibility index (Phi) is 5.03. The standard InChI is InChI=1S/C15H19F2NO3/c1-18(10-15(20)5-7-21-8-6-15)9-13(19)14-11(16)3-2-4-12(14)17/h2-4,20H,5-10H2,1H3. The minimum Gasteiger partial charge on any atom is -0.388 e. The fourth-order valence-corrected chi connectivity index (χ4v) is 2.56. The van der Waals surface area contributed by atoms with Gasteiger partial charge in [0.15, 0.2) is 5.78 Å². The van der Waals surface area contributed by atoms with E-state index >= 15 is 0 Å². The molecule has 1 heterocycles. The average molecular weight is 299 g/mol. The number of rotatable bonds is 5. The van der Waals surface area contributed by atoms with Crippen LogP contribution in [0.15, 0.2) is 18.2 Å². The van der Waals surface area contributed by atoms with Crippen molar-refractivity contribution in [2.24, 2.45) is 0 Å². The van der Waals surface area contributed by atoms with Crippen molar-refractivity contribution in [1.29, 1.82) is 0 Å². The first-order valence-corrected chi connectivity index (χ1v) is 6.87. The molecule has 1 aromatic carbocycles. The Morgan fingerprint density at radius 3 is 2.48 bits per heavy atom. The topological polar surface area (TPSA) is 49.8 Å². The second-order valence-corrected chi connectivity index (χ2v) is 5.53. The smallest absolute Gasteiger partial charge is 0.182 e. The molecule has 0 spiro atoms. The molecule has 1 N–H and O–H groups in total. The van der Waals surface area contributed by atoms with E-state index < -0.39 is 28.6 Å². The van der Waals surface area contributed by atoms with Crippen LogP contribution in [-0.2, 0) is 4.74 Å². The molecule has 0 atom stereocenters. The predicted molar refractivity (Wildman–Crippen MR) is 73.2 cm³/mol. The third kappa shape index (κ3) is 4.06. The Morgan fingerprint density at radius 1 is 1.33 bits per heavy atom. The first-order chi connectivity index (χ1) is 9.91. The Morgan fingerprint density at radius 2 is 1.90 bits per heavy atom. The van der Waals surface area contributed by atoms with Crippen molar-refractivity contribution in [3.63, 3.8) is 0 Å². The number of carbonyl (C=O) groups is 1. The third-order valence-electron chi connectivity index (χ3n) is 3.64. The lowest BCUT2D eigenvalue weighted by Gasteiger charge is -2.35. The monoisotopic (exact) mass is 299 g/mol. The number of nitrogens with zero attached hydrogens (tertiary/aromatic N) is 1. The summed E-state index contributed by atoms with van der Waals surface area (Å²) < 4.78 is 32.3. The van der Waals surface area contributed by atoms with Crippen molar-refractivity contribution in [3.05, 3.63) is 35.4 Å². The molecule has 1 aliphatic heterocycles. The number of ether oxygens (including phenoxy) is 1. The Hall–Kier alpha value is -1.37. The normalized spacial score (nSPS) is 18.0. The Bertz CT molecular complexity index is 495. The van der Waals surface area contributed by atoms with Gasteiger partial charge >= 0.3 is 0 Å². The Balaban J connectivity index is 1.99. The second kappa shape index (κ2) is 6.60. The van der Waals surface area contributed by atoms with E-state index in [1.54, 1.807) is 11.9 Å². The molecule has 1 aliphatic rings. The number of ketones is 1. The van der Waals surface area contributed by atoms with Crippen molar-refractivity contribution in [2.45, 2.75) is 18.4 Å². The second-order valence-electron chi connectivity index (χ2n) is 5.53. The molecule has 0 unspecified atom stereocenters. The summed E-state index contributed by atoms with van der Waals surface area (Å²) in [5.74, 6) is -2.36. The maximum absolute atomic E-state index is 13.5. The van der Waals surface area contributed by atoms with E-state index in [1.807, 2.05) is 0 Å². The molecule has 1 aromatic rings. The van der Waals surface area contributed by atoms with Crippen LogP contribution in [-0.4, -0.2) is 54.7 Å². The van der Waals surface area contributed by atoms with Crippen molar-refractivity contribution < 1.29 is 23.4 Å². The minimum atomic E-state index is -0.916. The van der Waals surface area contributed by atoms with Crippen LogP contribution >= 0.6 is 0 Å². The van der Waals surface area contributed by atoms with Gasteiger partial charge in [-0.3, -0.25) is 9.69 Å². The highest BCUT2D eigenvalue weighted by atomic mass is 19.1. The van der Waals surface area contributed by atoms with Crippen LogP contribution in [0.2, 0.25) is 0 Å². The quantitative estimate of drug-likeness (QED) is 0.840. The molecule has 6 heteroatoms. The number of halogens is 2. The molecule has 0 aliphatic carbocycles. The largest absolute Gasteiger partial charge is 0.388 e. The van der Waals surface area contributed by atoms with Gasteiger partial charge in [0.1, 0.15) is 11.6 Å². The summed E-state index contributed by atoms with van der Waals surface area (Å²) in [6.45, 7) is 1.06. The van der Waals surface area contributed by atoms with Gasteiger partial charge in [-0.1, -0.05) is 6.07 Å². The molecular weight excluding hydrogens is 280 g/mol. The van der Waals surface area contributed by atoms with Gasteiger partial charge in [0, 0.05) is 32.6 Å². The van der Waals surface area contributed by atoms with Crippen LogP contribution < -0.4 is 0 Å². The first kappa shape index (κ1) is 16.0. The average Bonchev–Trinajstić information content (AvgIpc) is 2.38. The molecule has 0 bridgehead atoms. The summed E-state index contributed by atoms with van der Waals surface area (Å²) in [5.41, 5.74) is -1.44. The van der Waals surface area contributed by atoms with E-state index in [9.17, 15) is 18.7 Å². The van der Waals surface area contributed by atoms with Crippen molar-refractivity contribution in [2.75, 3.05) is 33.4 Å². The van der Waals surface area contributed by atoms with Gasteiger partial charge in [0.2, 0.25) is 0 Å². The van der Waals surface area contributed by atoms with Gasteiger partial charge in [-0.25, -0.2) is 8.78 Å². The van der Waals surface area contributed by atoms with E-state index in [0.29, 0.717) is 26.1 Å². The van der Waals surface area contributed by atoms with Gasteiger partial charge in [-0.05, 0) is 19.2 Å². The molecule has 0 aromatic heterocycles. The van der Waals surface area contributed by atoms with Crippen molar-refractivity contribution in [3.8, 4) is 0 Å². The summed E-state index contributed by atoms with van der Waals surface area (Å²) >= 11 is 0. The fraction of sp³-hybridized carbons (Fsp3) is 0.533. The SMILES string of the molecule is CN(CC(=O)c1c(F)cccc1F)CC1(O)CCOCC1. The molecule has 1 fully saturated rings. The number of aliphatic hydroxyl groups is 1. The lowest BCUT2D eigenvalue weighted by Crippen LogP contribution is -2.46. The summed E-state index contributed by atoms with van der Waals surface area (Å²) in [6.07, 6.45) is 0.971. The molecule has 116 valence electrons. The van der Waals surface area contributed by atoms with Crippen LogP contribution in [0.4, 0.5) is 8.78 Å². The van der Waals surface area contributed by atoms with Crippen LogP contribution in [0.5, 0.6) is 0 Å². The van der Waals surface area contributed by atoms with Gasteiger partial charge in [-0.2, -0.15) is 0 Å². The maximum atomic E-state index is 13.5. The van der Waals surface area contributed by atoms with Gasteiger partial charge in [-0.15, -0.1) is 0 Å². The molecule has 0 saturated carbocycles. The zero-order valence-electron chi connectivity index (χ0n) is 11.9. The van der Waals surface area contributed by atoms with Crippen molar-refractivity contribution >= 4 is 5.78 Å². The zero-order chi connectivity index (χ0) is 15.5. The number of carbonyl (C=O) groups excluding carboxylic acids is 1. The number of benzene rings is 1. The fourth-order valence-electron chi connectivity index (χ4n) is 2.56. The highest BCUT2D eigenvalue weighted by Crippen LogP contribution is 2.21. The molecule has 21 heavy (non-hydrogen) atoms. The van der Waals surface area contributed by atoms with Crippen LogP contribution in [0.1, 0.15) is 23.2 Å². The van der Waals surface area contributed by atoms with E-state index in [-0.39, 0.29) is 13.1 Å². The van der Waals surface area contributed by atoms with Crippen molar-refractivity contribution in [1.82, 2.24) is 4.90 Å². The first-order valence-electron chi connectivity index (χ1n) is 6.87. The third-order valence-corrected chi connectivity index (χ3v) is 3.64. The highest BCUT2D eigenvalue weighted by molar-refractivity contribution is 5.98. The van der Waals surface area contributed by atoms with E-state index in [1.165, 1.54) is 6.07 Å². The molecule has 0 radical (unpaired) electrons. The van der Waals surface area contributed by atoms with Gasteiger partial charge < -0.3 is 9.84 Å². The van der Waals surface area contributed by atoms with Crippen LogP contribution in [0, 0.1) is 11.6 Å². The molecule has 4 nitrogen and oxygen atoms in total. The number of likely N-dealkylation sites (N-methyl/N-ethyl adjacent to an activating group) is 1. The van der Waals surface area contributed by atoms with E-state index in [0.717, 1.165) is 12.1 Å². The maximum Gasteiger partial charge on any atom is 0.182 e. The predicted octanol–water partition coefficient (Wildman–Crippen LogP) is 1.62. The molecule has 0 amide bonds. The number of hydrogen-bond acceptors (Lipinski definition) is 4. The number of Topliss-reactive ketones (excluding diaryl/α,β-unsaturated/α-hetero) is 1. The Labute approximate surface area is 122 Å².